The van der Waals surface area contributed by atoms with Crippen molar-refractivity contribution < 1.29 is 9.59 Å². The number of rotatable bonds is 4. The second kappa shape index (κ2) is 6.48. The zero-order chi connectivity index (χ0) is 15.5. The maximum absolute atomic E-state index is 12.3. The van der Waals surface area contributed by atoms with E-state index in [0.29, 0.717) is 26.1 Å². The molecule has 1 atom stereocenters. The molecule has 7 heteroatoms. The maximum Gasteiger partial charge on any atom is 0.236 e. The SMILES string of the molecule is CNC(=O)C[C@H]1CN(CC(=O)N2CCCC2)Cc2ccnn21. The van der Waals surface area contributed by atoms with Crippen molar-refractivity contribution in [3.8, 4) is 0 Å². The third-order valence-electron chi connectivity index (χ3n) is 4.47. The smallest absolute Gasteiger partial charge is 0.236 e. The number of nitrogens with zero attached hydrogens (tertiary/aromatic N) is 4. The normalized spacial score (nSPS) is 21.7. The van der Waals surface area contributed by atoms with Crippen LogP contribution in [0.3, 0.4) is 0 Å². The minimum atomic E-state index is -0.00919. The largest absolute Gasteiger partial charge is 0.359 e. The first-order chi connectivity index (χ1) is 10.7. The molecule has 3 heterocycles. The molecular formula is C15H23N5O2. The van der Waals surface area contributed by atoms with Crippen LogP contribution in [0.25, 0.3) is 0 Å². The van der Waals surface area contributed by atoms with E-state index in [1.165, 1.54) is 0 Å². The Balaban J connectivity index is 1.66. The molecule has 7 nitrogen and oxygen atoms in total. The number of aromatic nitrogens is 2. The van der Waals surface area contributed by atoms with Gasteiger partial charge in [-0.1, -0.05) is 0 Å². The van der Waals surface area contributed by atoms with Crippen LogP contribution in [0.5, 0.6) is 0 Å². The van der Waals surface area contributed by atoms with E-state index in [0.717, 1.165) is 31.6 Å². The number of nitrogens with one attached hydrogen (secondary N) is 1. The van der Waals surface area contributed by atoms with Crippen molar-refractivity contribution in [2.24, 2.45) is 0 Å². The number of amides is 2. The summed E-state index contributed by atoms with van der Waals surface area (Å²) in [6.07, 6.45) is 4.37. The molecule has 1 N–H and O–H groups in total. The summed E-state index contributed by atoms with van der Waals surface area (Å²) >= 11 is 0. The minimum Gasteiger partial charge on any atom is -0.359 e. The van der Waals surface area contributed by atoms with Crippen LogP contribution in [0, 0.1) is 0 Å². The second-order valence-corrected chi connectivity index (χ2v) is 6.06. The van der Waals surface area contributed by atoms with Gasteiger partial charge in [0, 0.05) is 39.4 Å². The number of hydrogen-bond acceptors (Lipinski definition) is 4. The summed E-state index contributed by atoms with van der Waals surface area (Å²) in [6.45, 7) is 3.58. The van der Waals surface area contributed by atoms with Crippen molar-refractivity contribution in [1.29, 1.82) is 0 Å². The first-order valence-corrected chi connectivity index (χ1v) is 7.90. The van der Waals surface area contributed by atoms with Crippen LogP contribution in [0.2, 0.25) is 0 Å². The van der Waals surface area contributed by atoms with Gasteiger partial charge in [-0.05, 0) is 18.9 Å². The van der Waals surface area contributed by atoms with Gasteiger partial charge in [0.15, 0.2) is 0 Å². The molecule has 0 aromatic carbocycles. The van der Waals surface area contributed by atoms with E-state index in [1.807, 2.05) is 15.6 Å². The number of fused-ring (bicyclic) bond motifs is 1. The Morgan fingerprint density at radius 2 is 2.14 bits per heavy atom. The van der Waals surface area contributed by atoms with Gasteiger partial charge in [0.05, 0.1) is 24.7 Å². The van der Waals surface area contributed by atoms with Crippen molar-refractivity contribution in [1.82, 2.24) is 24.9 Å². The summed E-state index contributed by atoms with van der Waals surface area (Å²) in [7, 11) is 1.64. The molecule has 0 saturated carbocycles. The molecule has 3 rings (SSSR count). The maximum atomic E-state index is 12.3. The first kappa shape index (κ1) is 15.0. The van der Waals surface area contributed by atoms with Gasteiger partial charge in [-0.3, -0.25) is 19.2 Å². The number of carbonyl (C=O) groups excluding carboxylic acids is 2. The van der Waals surface area contributed by atoms with Gasteiger partial charge in [0.1, 0.15) is 0 Å². The van der Waals surface area contributed by atoms with Crippen LogP contribution in [-0.4, -0.2) is 64.6 Å². The van der Waals surface area contributed by atoms with Crippen LogP contribution >= 0.6 is 0 Å². The van der Waals surface area contributed by atoms with Crippen molar-refractivity contribution in [3.05, 3.63) is 18.0 Å². The third-order valence-corrected chi connectivity index (χ3v) is 4.47. The fourth-order valence-electron chi connectivity index (χ4n) is 3.31. The summed E-state index contributed by atoms with van der Waals surface area (Å²) in [5.74, 6) is 0.198. The van der Waals surface area contributed by atoms with Gasteiger partial charge in [0.25, 0.3) is 0 Å². The zero-order valence-electron chi connectivity index (χ0n) is 13.0. The lowest BCUT2D eigenvalue weighted by molar-refractivity contribution is -0.131. The fourth-order valence-corrected chi connectivity index (χ4v) is 3.31. The number of hydrogen-bond donors (Lipinski definition) is 1. The van der Waals surface area contributed by atoms with E-state index in [4.69, 9.17) is 0 Å². The van der Waals surface area contributed by atoms with Crippen molar-refractivity contribution in [3.63, 3.8) is 0 Å². The monoisotopic (exact) mass is 305 g/mol. The zero-order valence-corrected chi connectivity index (χ0v) is 13.0. The quantitative estimate of drug-likeness (QED) is 0.850. The summed E-state index contributed by atoms with van der Waals surface area (Å²) in [5, 5.41) is 6.99. The van der Waals surface area contributed by atoms with E-state index in [1.54, 1.807) is 13.2 Å². The molecule has 2 amide bonds. The van der Waals surface area contributed by atoms with E-state index >= 15 is 0 Å². The molecular weight excluding hydrogens is 282 g/mol. The molecule has 1 aromatic rings. The molecule has 0 bridgehead atoms. The highest BCUT2D eigenvalue weighted by Crippen LogP contribution is 2.23. The Morgan fingerprint density at radius 3 is 2.86 bits per heavy atom. The highest BCUT2D eigenvalue weighted by molar-refractivity contribution is 5.78. The Labute approximate surface area is 130 Å². The van der Waals surface area contributed by atoms with Gasteiger partial charge in [-0.25, -0.2) is 0 Å². The standard InChI is InChI=1S/C15H23N5O2/c1-16-14(21)8-13-10-18(9-12-4-5-17-20(12)13)11-15(22)19-6-2-3-7-19/h4-5,13H,2-3,6-11H2,1H3,(H,16,21)/t13-/m0/s1. The van der Waals surface area contributed by atoms with Crippen LogP contribution in [0.15, 0.2) is 12.3 Å². The fraction of sp³-hybridized carbons (Fsp3) is 0.667. The molecule has 0 aliphatic carbocycles. The van der Waals surface area contributed by atoms with Crippen LogP contribution in [-0.2, 0) is 16.1 Å². The molecule has 2 aliphatic heterocycles. The van der Waals surface area contributed by atoms with Gasteiger partial charge in [-0.15, -0.1) is 0 Å². The molecule has 1 saturated heterocycles. The summed E-state index contributed by atoms with van der Waals surface area (Å²) in [4.78, 5) is 28.1. The molecule has 0 spiro atoms. The Hall–Kier alpha value is -1.89. The predicted molar refractivity (Wildman–Crippen MR) is 81.0 cm³/mol. The molecule has 1 aromatic heterocycles. The van der Waals surface area contributed by atoms with E-state index < -0.39 is 0 Å². The highest BCUT2D eigenvalue weighted by Gasteiger charge is 2.29. The van der Waals surface area contributed by atoms with Gasteiger partial charge in [-0.2, -0.15) is 5.10 Å². The summed E-state index contributed by atoms with van der Waals surface area (Å²) in [6, 6.07) is 1.95. The summed E-state index contributed by atoms with van der Waals surface area (Å²) < 4.78 is 1.92. The van der Waals surface area contributed by atoms with Gasteiger partial charge in [0.2, 0.25) is 11.8 Å². The Bertz CT molecular complexity index is 550. The molecule has 120 valence electrons. The Kier molecular flexibility index (Phi) is 4.42. The number of likely N-dealkylation sites (tertiary alicyclic amines) is 1. The topological polar surface area (TPSA) is 70.5 Å². The minimum absolute atomic E-state index is 0.000769. The van der Waals surface area contributed by atoms with Gasteiger partial charge >= 0.3 is 0 Å². The number of carbonyl (C=O) groups is 2. The van der Waals surface area contributed by atoms with Crippen LogP contribution in [0.1, 0.15) is 31.0 Å². The van der Waals surface area contributed by atoms with Crippen LogP contribution < -0.4 is 5.32 Å². The van der Waals surface area contributed by atoms with Crippen molar-refractivity contribution in [2.75, 3.05) is 33.2 Å². The van der Waals surface area contributed by atoms with Crippen molar-refractivity contribution in [2.45, 2.75) is 31.8 Å². The third kappa shape index (κ3) is 3.14. The lowest BCUT2D eigenvalue weighted by atomic mass is 10.1. The lowest BCUT2D eigenvalue weighted by Gasteiger charge is -2.34. The summed E-state index contributed by atoms with van der Waals surface area (Å²) in [5.41, 5.74) is 1.06. The average molecular weight is 305 g/mol. The molecule has 1 fully saturated rings. The molecule has 0 radical (unpaired) electrons. The predicted octanol–water partition coefficient (Wildman–Crippen LogP) is -0.00170. The first-order valence-electron chi connectivity index (χ1n) is 7.90. The van der Waals surface area contributed by atoms with E-state index in [9.17, 15) is 9.59 Å². The Morgan fingerprint density at radius 1 is 1.36 bits per heavy atom. The molecule has 22 heavy (non-hydrogen) atoms. The lowest BCUT2D eigenvalue weighted by Crippen LogP contribution is -2.45. The van der Waals surface area contributed by atoms with Crippen LogP contribution in [0.4, 0.5) is 0 Å². The van der Waals surface area contributed by atoms with E-state index in [-0.39, 0.29) is 17.9 Å². The van der Waals surface area contributed by atoms with Gasteiger partial charge < -0.3 is 10.2 Å². The molecule has 2 aliphatic rings. The second-order valence-electron chi connectivity index (χ2n) is 6.06. The van der Waals surface area contributed by atoms with E-state index in [2.05, 4.69) is 15.3 Å². The van der Waals surface area contributed by atoms with Crippen molar-refractivity contribution >= 4 is 11.8 Å². The average Bonchev–Trinajstić information content (AvgIpc) is 3.18. The highest BCUT2D eigenvalue weighted by atomic mass is 16.2. The molecule has 0 unspecified atom stereocenters.